The molecule has 3 fully saturated rings. The second kappa shape index (κ2) is 2.40. The van der Waals surface area contributed by atoms with E-state index >= 15 is 0 Å². The number of carbonyl (C=O) groups excluding carboxylic acids is 2. The van der Waals surface area contributed by atoms with E-state index in [4.69, 9.17) is 0 Å². The molecule has 0 amide bonds. The van der Waals surface area contributed by atoms with Crippen molar-refractivity contribution in [3.05, 3.63) is 0 Å². The van der Waals surface area contributed by atoms with Gasteiger partial charge in [-0.2, -0.15) is 0 Å². The largest absolute Gasteiger partial charge is 0.287 e. The molecule has 4 heteroatoms. The fraction of sp³-hybridized carbons (Fsp3) is 0.800. The first-order valence-electron chi connectivity index (χ1n) is 4.92. The number of hydrogen-bond acceptors (Lipinski definition) is 4. The standard InChI is InChI=1S/C10H12O2S2/c1-9-3-4-10(2)6(8(12)13-9)5(9)7(11)14-10/h5-6H,3-4H2,1-2H3. The van der Waals surface area contributed by atoms with Crippen LogP contribution in [0.25, 0.3) is 0 Å². The van der Waals surface area contributed by atoms with Crippen molar-refractivity contribution >= 4 is 33.8 Å². The van der Waals surface area contributed by atoms with Crippen LogP contribution in [0.1, 0.15) is 26.7 Å². The lowest BCUT2D eigenvalue weighted by atomic mass is 9.68. The van der Waals surface area contributed by atoms with Gasteiger partial charge in [-0.05, 0) is 26.7 Å². The topological polar surface area (TPSA) is 34.1 Å². The molecule has 4 atom stereocenters. The summed E-state index contributed by atoms with van der Waals surface area (Å²) in [4.78, 5) is 23.7. The van der Waals surface area contributed by atoms with Gasteiger partial charge in [0.1, 0.15) is 0 Å². The van der Waals surface area contributed by atoms with Crippen LogP contribution in [0, 0.1) is 11.8 Å². The first-order valence-corrected chi connectivity index (χ1v) is 6.55. The van der Waals surface area contributed by atoms with Crippen LogP contribution >= 0.6 is 23.5 Å². The predicted molar refractivity (Wildman–Crippen MR) is 58.2 cm³/mol. The number of rotatable bonds is 0. The van der Waals surface area contributed by atoms with Crippen LogP contribution in [-0.2, 0) is 9.59 Å². The molecule has 1 saturated carbocycles. The van der Waals surface area contributed by atoms with Crippen LogP contribution in [0.3, 0.4) is 0 Å². The Hall–Kier alpha value is 0.0400. The normalized spacial score (nSPS) is 55.6. The zero-order valence-electron chi connectivity index (χ0n) is 8.20. The first-order chi connectivity index (χ1) is 6.46. The van der Waals surface area contributed by atoms with Crippen molar-refractivity contribution in [2.45, 2.75) is 36.2 Å². The van der Waals surface area contributed by atoms with E-state index in [0.29, 0.717) is 0 Å². The van der Waals surface area contributed by atoms with Gasteiger partial charge in [-0.15, -0.1) is 0 Å². The minimum atomic E-state index is -0.0815. The number of hydrogen-bond donors (Lipinski definition) is 0. The number of thioether (sulfide) groups is 2. The summed E-state index contributed by atoms with van der Waals surface area (Å²) in [6.45, 7) is 4.17. The molecule has 0 aromatic heterocycles. The molecule has 0 N–H and O–H groups in total. The lowest BCUT2D eigenvalue weighted by Gasteiger charge is -2.36. The van der Waals surface area contributed by atoms with Crippen LogP contribution in [-0.4, -0.2) is 19.7 Å². The zero-order chi connectivity index (χ0) is 10.1. The summed E-state index contributed by atoms with van der Waals surface area (Å²) in [7, 11) is 0. The Labute approximate surface area is 91.6 Å². The smallest absolute Gasteiger partial charge is 0.194 e. The van der Waals surface area contributed by atoms with Crippen molar-refractivity contribution < 1.29 is 9.59 Å². The van der Waals surface area contributed by atoms with Crippen LogP contribution in [0.5, 0.6) is 0 Å². The van der Waals surface area contributed by atoms with Gasteiger partial charge in [0.15, 0.2) is 10.2 Å². The summed E-state index contributed by atoms with van der Waals surface area (Å²) in [5, 5.41) is 0.520. The summed E-state index contributed by atoms with van der Waals surface area (Å²) in [6.07, 6.45) is 2.03. The van der Waals surface area contributed by atoms with E-state index in [1.807, 2.05) is 0 Å². The zero-order valence-corrected chi connectivity index (χ0v) is 9.83. The average Bonchev–Trinajstić information content (AvgIpc) is 2.43. The Morgan fingerprint density at radius 3 is 1.71 bits per heavy atom. The molecule has 0 aromatic rings. The lowest BCUT2D eigenvalue weighted by molar-refractivity contribution is -0.122. The van der Waals surface area contributed by atoms with E-state index in [9.17, 15) is 9.59 Å². The second-order valence-corrected chi connectivity index (χ2v) is 8.00. The van der Waals surface area contributed by atoms with Gasteiger partial charge in [-0.25, -0.2) is 0 Å². The Morgan fingerprint density at radius 2 is 1.36 bits per heavy atom. The highest BCUT2D eigenvalue weighted by atomic mass is 32.2. The van der Waals surface area contributed by atoms with Gasteiger partial charge in [-0.3, -0.25) is 9.59 Å². The molecule has 0 radical (unpaired) electrons. The highest BCUT2D eigenvalue weighted by Crippen LogP contribution is 2.67. The molecule has 2 saturated heterocycles. The summed E-state index contributed by atoms with van der Waals surface area (Å²) < 4.78 is -0.163. The maximum atomic E-state index is 11.9. The first kappa shape index (κ1) is 9.28. The molecule has 0 aromatic carbocycles. The Balaban J connectivity index is 2.18. The van der Waals surface area contributed by atoms with Gasteiger partial charge < -0.3 is 0 Å². The minimum absolute atomic E-state index is 0.00347. The molecule has 2 nitrogen and oxygen atoms in total. The van der Waals surface area contributed by atoms with Crippen molar-refractivity contribution in [3.63, 3.8) is 0 Å². The quantitative estimate of drug-likeness (QED) is 0.635. The van der Waals surface area contributed by atoms with E-state index in [-0.39, 0.29) is 31.6 Å². The van der Waals surface area contributed by atoms with E-state index < -0.39 is 0 Å². The molecule has 3 rings (SSSR count). The van der Waals surface area contributed by atoms with Gasteiger partial charge in [0, 0.05) is 9.49 Å². The van der Waals surface area contributed by atoms with E-state index in [0.717, 1.165) is 12.8 Å². The Kier molecular flexibility index (Phi) is 1.59. The van der Waals surface area contributed by atoms with Crippen LogP contribution in [0.2, 0.25) is 0 Å². The molecular formula is C10H12O2S2. The molecule has 4 bridgehead atoms. The van der Waals surface area contributed by atoms with E-state index in [1.54, 1.807) is 0 Å². The van der Waals surface area contributed by atoms with Crippen LogP contribution in [0.15, 0.2) is 0 Å². The van der Waals surface area contributed by atoms with Gasteiger partial charge in [0.05, 0.1) is 11.8 Å². The third kappa shape index (κ3) is 0.871. The fourth-order valence-electron chi connectivity index (χ4n) is 3.10. The molecule has 1 aliphatic carbocycles. The lowest BCUT2D eigenvalue weighted by Crippen LogP contribution is -2.42. The highest BCUT2D eigenvalue weighted by Gasteiger charge is 2.69. The van der Waals surface area contributed by atoms with Crippen molar-refractivity contribution in [3.8, 4) is 0 Å². The maximum Gasteiger partial charge on any atom is 0.194 e. The fourth-order valence-corrected chi connectivity index (χ4v) is 6.36. The molecule has 3 aliphatic rings. The Bertz CT molecular complexity index is 320. The SMILES string of the molecule is CC12CCC3(C)SC(=O)C1C3C(=O)S2. The molecular weight excluding hydrogens is 216 g/mol. The Morgan fingerprint density at radius 1 is 1.00 bits per heavy atom. The summed E-state index contributed by atoms with van der Waals surface area (Å²) >= 11 is 2.86. The number of carbonyl (C=O) groups is 2. The van der Waals surface area contributed by atoms with Gasteiger partial charge in [0.25, 0.3) is 0 Å². The van der Waals surface area contributed by atoms with Crippen LogP contribution in [0.4, 0.5) is 0 Å². The summed E-state index contributed by atoms with van der Waals surface area (Å²) in [5.74, 6) is 0.00694. The molecule has 2 aliphatic heterocycles. The van der Waals surface area contributed by atoms with Crippen molar-refractivity contribution in [2.24, 2.45) is 11.8 Å². The highest BCUT2D eigenvalue weighted by molar-refractivity contribution is 8.18. The average molecular weight is 228 g/mol. The molecule has 4 unspecified atom stereocenters. The van der Waals surface area contributed by atoms with E-state index in [2.05, 4.69) is 13.8 Å². The molecule has 14 heavy (non-hydrogen) atoms. The third-order valence-corrected chi connectivity index (χ3v) is 6.70. The van der Waals surface area contributed by atoms with Gasteiger partial charge in [0.2, 0.25) is 0 Å². The van der Waals surface area contributed by atoms with Crippen molar-refractivity contribution in [1.82, 2.24) is 0 Å². The predicted octanol–water partition coefficient (Wildman–Crippen LogP) is 2.08. The van der Waals surface area contributed by atoms with Gasteiger partial charge >= 0.3 is 0 Å². The maximum absolute atomic E-state index is 11.9. The summed E-state index contributed by atoms with van der Waals surface area (Å²) in [5.41, 5.74) is 0. The monoisotopic (exact) mass is 228 g/mol. The molecule has 76 valence electrons. The summed E-state index contributed by atoms with van der Waals surface area (Å²) in [6, 6.07) is 0. The van der Waals surface area contributed by atoms with Crippen LogP contribution < -0.4 is 0 Å². The van der Waals surface area contributed by atoms with Crippen molar-refractivity contribution in [2.75, 3.05) is 0 Å². The van der Waals surface area contributed by atoms with Gasteiger partial charge in [-0.1, -0.05) is 23.5 Å². The van der Waals surface area contributed by atoms with E-state index in [1.165, 1.54) is 23.5 Å². The van der Waals surface area contributed by atoms with Crippen molar-refractivity contribution in [1.29, 1.82) is 0 Å². The molecule has 2 heterocycles. The molecule has 0 spiro atoms. The second-order valence-electron chi connectivity index (χ2n) is 4.92. The third-order valence-electron chi connectivity index (χ3n) is 3.94. The minimum Gasteiger partial charge on any atom is -0.287 e.